The predicted molar refractivity (Wildman–Crippen MR) is 75.9 cm³/mol. The molecule has 0 saturated heterocycles. The Morgan fingerprint density at radius 2 is 2.00 bits per heavy atom. The summed E-state index contributed by atoms with van der Waals surface area (Å²) in [5.41, 5.74) is 0. The van der Waals surface area contributed by atoms with Crippen molar-refractivity contribution in [1.82, 2.24) is 5.32 Å². The molecule has 17 heavy (non-hydrogen) atoms. The van der Waals surface area contributed by atoms with Crippen LogP contribution in [0.15, 0.2) is 29.2 Å². The smallest absolute Gasteiger partial charge is 0.0758 e. The van der Waals surface area contributed by atoms with Gasteiger partial charge in [0.1, 0.15) is 0 Å². The maximum absolute atomic E-state index is 9.79. The van der Waals surface area contributed by atoms with Crippen molar-refractivity contribution in [3.05, 3.63) is 29.3 Å². The molecule has 0 bridgehead atoms. The summed E-state index contributed by atoms with van der Waals surface area (Å²) in [5, 5.41) is 13.8. The van der Waals surface area contributed by atoms with Crippen LogP contribution in [0, 0.1) is 5.92 Å². The first-order valence-electron chi connectivity index (χ1n) is 5.85. The van der Waals surface area contributed by atoms with Crippen molar-refractivity contribution in [2.75, 3.05) is 18.8 Å². The number of hydrogen-bond donors (Lipinski definition) is 2. The molecular weight excluding hydrogens is 254 g/mol. The Kier molecular flexibility index (Phi) is 6.97. The van der Waals surface area contributed by atoms with Gasteiger partial charge < -0.3 is 10.4 Å². The minimum atomic E-state index is -0.338. The molecule has 0 aromatic heterocycles. The molecule has 0 spiro atoms. The number of rotatable bonds is 7. The Morgan fingerprint density at radius 3 is 2.65 bits per heavy atom. The quantitative estimate of drug-likeness (QED) is 0.749. The lowest BCUT2D eigenvalue weighted by atomic mass is 10.2. The molecule has 0 fully saturated rings. The molecular formula is C13H20ClNOS. The van der Waals surface area contributed by atoms with Crippen molar-refractivity contribution in [2.45, 2.75) is 24.8 Å². The van der Waals surface area contributed by atoms with E-state index in [-0.39, 0.29) is 6.10 Å². The van der Waals surface area contributed by atoms with E-state index in [2.05, 4.69) is 19.2 Å². The molecule has 0 aliphatic carbocycles. The first-order valence-corrected chi connectivity index (χ1v) is 7.22. The minimum absolute atomic E-state index is 0.338. The molecule has 0 aliphatic heterocycles. The lowest BCUT2D eigenvalue weighted by Crippen LogP contribution is -2.30. The summed E-state index contributed by atoms with van der Waals surface area (Å²) < 4.78 is 0. The fourth-order valence-corrected chi connectivity index (χ4v) is 2.52. The molecule has 0 aliphatic rings. The Morgan fingerprint density at radius 1 is 1.29 bits per heavy atom. The SMILES string of the molecule is CC(C)CNCC(O)CSc1ccccc1Cl. The Balaban J connectivity index is 2.24. The number of hydrogen-bond acceptors (Lipinski definition) is 3. The number of aliphatic hydroxyl groups is 1. The highest BCUT2D eigenvalue weighted by atomic mass is 35.5. The number of nitrogens with one attached hydrogen (secondary N) is 1. The molecule has 4 heteroatoms. The van der Waals surface area contributed by atoms with Gasteiger partial charge in [-0.15, -0.1) is 11.8 Å². The molecule has 0 radical (unpaired) electrons. The highest BCUT2D eigenvalue weighted by Crippen LogP contribution is 2.26. The third-order valence-corrected chi connectivity index (χ3v) is 3.86. The number of aliphatic hydroxyl groups excluding tert-OH is 1. The van der Waals surface area contributed by atoms with Gasteiger partial charge in [0.15, 0.2) is 0 Å². The van der Waals surface area contributed by atoms with E-state index in [0.29, 0.717) is 18.2 Å². The summed E-state index contributed by atoms with van der Waals surface area (Å²) in [6.07, 6.45) is -0.338. The van der Waals surface area contributed by atoms with Crippen molar-refractivity contribution in [1.29, 1.82) is 0 Å². The van der Waals surface area contributed by atoms with E-state index in [9.17, 15) is 5.11 Å². The minimum Gasteiger partial charge on any atom is -0.391 e. The summed E-state index contributed by atoms with van der Waals surface area (Å²) in [6.45, 7) is 5.87. The molecule has 0 saturated carbocycles. The molecule has 1 rings (SSSR count). The van der Waals surface area contributed by atoms with Crippen molar-refractivity contribution in [3.8, 4) is 0 Å². The lowest BCUT2D eigenvalue weighted by Gasteiger charge is -2.13. The van der Waals surface area contributed by atoms with Crippen LogP contribution in [0.4, 0.5) is 0 Å². The van der Waals surface area contributed by atoms with Crippen LogP contribution in [0.1, 0.15) is 13.8 Å². The van der Waals surface area contributed by atoms with Crippen LogP contribution in [0.2, 0.25) is 5.02 Å². The zero-order chi connectivity index (χ0) is 12.7. The van der Waals surface area contributed by atoms with E-state index in [1.165, 1.54) is 0 Å². The Hall–Kier alpha value is -0.220. The summed E-state index contributed by atoms with van der Waals surface area (Å²) >= 11 is 7.63. The Bertz CT molecular complexity index is 333. The topological polar surface area (TPSA) is 32.3 Å². The molecule has 1 aromatic carbocycles. The fourth-order valence-electron chi connectivity index (χ4n) is 1.35. The van der Waals surface area contributed by atoms with Crippen LogP contribution in [-0.4, -0.2) is 30.1 Å². The van der Waals surface area contributed by atoms with Gasteiger partial charge in [0.2, 0.25) is 0 Å². The predicted octanol–water partition coefficient (Wildman–Crippen LogP) is 3.04. The molecule has 1 aromatic rings. The summed E-state index contributed by atoms with van der Waals surface area (Å²) in [4.78, 5) is 1.03. The standard InChI is InChI=1S/C13H20ClNOS/c1-10(2)7-15-8-11(16)9-17-13-6-4-3-5-12(13)14/h3-6,10-11,15-16H,7-9H2,1-2H3. The number of benzene rings is 1. The van der Waals surface area contributed by atoms with Gasteiger partial charge in [-0.25, -0.2) is 0 Å². The normalized spacial score (nSPS) is 13.0. The van der Waals surface area contributed by atoms with Crippen molar-refractivity contribution >= 4 is 23.4 Å². The Labute approximate surface area is 113 Å². The average molecular weight is 274 g/mol. The third kappa shape index (κ3) is 6.32. The number of thioether (sulfide) groups is 1. The monoisotopic (exact) mass is 273 g/mol. The van der Waals surface area contributed by atoms with Crippen LogP contribution in [-0.2, 0) is 0 Å². The van der Waals surface area contributed by atoms with E-state index >= 15 is 0 Å². The second-order valence-corrected chi connectivity index (χ2v) is 5.92. The van der Waals surface area contributed by atoms with Crippen LogP contribution in [0.3, 0.4) is 0 Å². The molecule has 96 valence electrons. The zero-order valence-electron chi connectivity index (χ0n) is 10.3. The molecule has 2 N–H and O–H groups in total. The fraction of sp³-hybridized carbons (Fsp3) is 0.538. The maximum Gasteiger partial charge on any atom is 0.0758 e. The van der Waals surface area contributed by atoms with Gasteiger partial charge in [0.05, 0.1) is 11.1 Å². The molecule has 1 atom stereocenters. The van der Waals surface area contributed by atoms with Gasteiger partial charge >= 0.3 is 0 Å². The number of halogens is 1. The summed E-state index contributed by atoms with van der Waals surface area (Å²) in [5.74, 6) is 1.27. The highest BCUT2D eigenvalue weighted by Gasteiger charge is 2.06. The highest BCUT2D eigenvalue weighted by molar-refractivity contribution is 7.99. The third-order valence-electron chi connectivity index (χ3n) is 2.20. The lowest BCUT2D eigenvalue weighted by molar-refractivity contribution is 0.194. The maximum atomic E-state index is 9.79. The average Bonchev–Trinajstić information content (AvgIpc) is 2.27. The van der Waals surface area contributed by atoms with Crippen molar-refractivity contribution in [3.63, 3.8) is 0 Å². The molecule has 0 amide bonds. The second-order valence-electron chi connectivity index (χ2n) is 4.45. The van der Waals surface area contributed by atoms with E-state index in [0.717, 1.165) is 16.5 Å². The molecule has 0 heterocycles. The van der Waals surface area contributed by atoms with Crippen molar-refractivity contribution < 1.29 is 5.11 Å². The second kappa shape index (κ2) is 7.98. The van der Waals surface area contributed by atoms with E-state index in [4.69, 9.17) is 11.6 Å². The van der Waals surface area contributed by atoms with Crippen molar-refractivity contribution in [2.24, 2.45) is 5.92 Å². The van der Waals surface area contributed by atoms with Crippen LogP contribution in [0.25, 0.3) is 0 Å². The largest absolute Gasteiger partial charge is 0.391 e. The van der Waals surface area contributed by atoms with Gasteiger partial charge in [-0.3, -0.25) is 0 Å². The first kappa shape index (κ1) is 14.8. The van der Waals surface area contributed by atoms with Gasteiger partial charge in [-0.1, -0.05) is 37.6 Å². The van der Waals surface area contributed by atoms with E-state index < -0.39 is 0 Å². The van der Waals surface area contributed by atoms with Gasteiger partial charge in [-0.2, -0.15) is 0 Å². The van der Waals surface area contributed by atoms with Crippen LogP contribution in [0.5, 0.6) is 0 Å². The molecule has 1 unspecified atom stereocenters. The summed E-state index contributed by atoms with van der Waals surface area (Å²) in [7, 11) is 0. The van der Waals surface area contributed by atoms with Crippen LogP contribution >= 0.6 is 23.4 Å². The zero-order valence-corrected chi connectivity index (χ0v) is 11.9. The van der Waals surface area contributed by atoms with Gasteiger partial charge in [0, 0.05) is 17.2 Å². The van der Waals surface area contributed by atoms with Crippen LogP contribution < -0.4 is 5.32 Å². The summed E-state index contributed by atoms with van der Waals surface area (Å²) in [6, 6.07) is 7.71. The van der Waals surface area contributed by atoms with E-state index in [1.807, 2.05) is 24.3 Å². The molecule has 2 nitrogen and oxygen atoms in total. The first-order chi connectivity index (χ1) is 8.09. The van der Waals surface area contributed by atoms with Gasteiger partial charge in [-0.05, 0) is 24.6 Å². The van der Waals surface area contributed by atoms with Gasteiger partial charge in [0.25, 0.3) is 0 Å². The van der Waals surface area contributed by atoms with E-state index in [1.54, 1.807) is 11.8 Å².